The molecule has 6 heteroatoms. The summed E-state index contributed by atoms with van der Waals surface area (Å²) in [6, 6.07) is 10.5. The fourth-order valence-electron chi connectivity index (χ4n) is 2.25. The molecular weight excluding hydrogens is 421 g/mol. The fraction of sp³-hybridized carbons (Fsp3) is 0.400. The monoisotopic (exact) mass is 445 g/mol. The number of hydrogen-bond donors (Lipinski definition) is 1. The smallest absolute Gasteiger partial charge is 0.175 e. The number of methoxy groups -OCH3 is 1. The van der Waals surface area contributed by atoms with Gasteiger partial charge in [-0.15, -0.1) is 12.4 Å². The maximum absolute atomic E-state index is 13.8. The molecule has 0 aliphatic carbocycles. The molecule has 0 unspecified atom stereocenters. The van der Waals surface area contributed by atoms with Crippen molar-refractivity contribution in [2.24, 2.45) is 0 Å². The Balaban J connectivity index is 0.00000338. The molecule has 0 amide bonds. The van der Waals surface area contributed by atoms with Crippen LogP contribution in [-0.4, -0.2) is 12.6 Å². The molecule has 0 saturated heterocycles. The third kappa shape index (κ3) is 6.15. The minimum Gasteiger partial charge on any atom is -0.493 e. The number of hydrogen-bond acceptors (Lipinski definition) is 3. The lowest BCUT2D eigenvalue weighted by molar-refractivity contribution is 0.277. The molecule has 1 N–H and O–H groups in total. The number of benzene rings is 2. The standard InChI is InChI=1S/C20H25BrFNO2.ClH/c1-5-20(2,3)23-12-14-10-16(21)19(18(11-14)24-4)25-13-15-8-6-7-9-17(15)22;/h6-11,23H,5,12-13H2,1-4H3;1H. The minimum atomic E-state index is -0.278. The molecule has 0 aromatic heterocycles. The van der Waals surface area contributed by atoms with Crippen molar-refractivity contribution in [2.75, 3.05) is 7.11 Å². The molecule has 26 heavy (non-hydrogen) atoms. The van der Waals surface area contributed by atoms with Gasteiger partial charge in [-0.25, -0.2) is 4.39 Å². The van der Waals surface area contributed by atoms with E-state index in [4.69, 9.17) is 9.47 Å². The minimum absolute atomic E-state index is 0. The summed E-state index contributed by atoms with van der Waals surface area (Å²) in [6.07, 6.45) is 1.04. The van der Waals surface area contributed by atoms with Crippen LogP contribution in [0.15, 0.2) is 40.9 Å². The van der Waals surface area contributed by atoms with Crippen LogP contribution in [0.25, 0.3) is 0 Å². The third-order valence-corrected chi connectivity index (χ3v) is 4.86. The lowest BCUT2D eigenvalue weighted by Gasteiger charge is -2.25. The molecule has 2 aromatic carbocycles. The summed E-state index contributed by atoms with van der Waals surface area (Å²) < 4.78 is 25.8. The van der Waals surface area contributed by atoms with Crippen molar-refractivity contribution in [3.63, 3.8) is 0 Å². The molecule has 0 bridgehead atoms. The third-order valence-electron chi connectivity index (χ3n) is 4.27. The summed E-state index contributed by atoms with van der Waals surface area (Å²) in [4.78, 5) is 0. The number of rotatable bonds is 8. The van der Waals surface area contributed by atoms with Crippen LogP contribution in [0, 0.1) is 5.82 Å². The highest BCUT2D eigenvalue weighted by atomic mass is 79.9. The van der Waals surface area contributed by atoms with Gasteiger partial charge in [0.1, 0.15) is 12.4 Å². The summed E-state index contributed by atoms with van der Waals surface area (Å²) in [5.74, 6) is 0.918. The van der Waals surface area contributed by atoms with Gasteiger partial charge in [0.25, 0.3) is 0 Å². The number of ether oxygens (including phenoxy) is 2. The van der Waals surface area contributed by atoms with Crippen LogP contribution in [0.1, 0.15) is 38.3 Å². The van der Waals surface area contributed by atoms with Crippen LogP contribution in [0.3, 0.4) is 0 Å². The van der Waals surface area contributed by atoms with Crippen molar-refractivity contribution in [1.29, 1.82) is 0 Å². The maximum atomic E-state index is 13.8. The molecule has 0 saturated carbocycles. The molecule has 0 fully saturated rings. The van der Waals surface area contributed by atoms with E-state index in [9.17, 15) is 4.39 Å². The molecule has 0 spiro atoms. The Morgan fingerprint density at radius 3 is 2.50 bits per heavy atom. The lowest BCUT2D eigenvalue weighted by atomic mass is 10.0. The van der Waals surface area contributed by atoms with E-state index in [1.165, 1.54) is 6.07 Å². The van der Waals surface area contributed by atoms with Gasteiger partial charge in [-0.05, 0) is 60.0 Å². The summed E-state index contributed by atoms with van der Waals surface area (Å²) in [6.45, 7) is 7.37. The van der Waals surface area contributed by atoms with Gasteiger partial charge in [-0.3, -0.25) is 0 Å². The van der Waals surface area contributed by atoms with Crippen molar-refractivity contribution in [3.05, 3.63) is 57.8 Å². The van der Waals surface area contributed by atoms with E-state index in [-0.39, 0.29) is 30.4 Å². The highest BCUT2D eigenvalue weighted by molar-refractivity contribution is 9.10. The second-order valence-electron chi connectivity index (χ2n) is 6.58. The van der Waals surface area contributed by atoms with E-state index in [1.807, 2.05) is 12.1 Å². The van der Waals surface area contributed by atoms with Crippen molar-refractivity contribution in [2.45, 2.75) is 45.9 Å². The summed E-state index contributed by atoms with van der Waals surface area (Å²) >= 11 is 3.54. The Bertz CT molecular complexity index is 725. The summed E-state index contributed by atoms with van der Waals surface area (Å²) in [5.41, 5.74) is 1.66. The summed E-state index contributed by atoms with van der Waals surface area (Å²) in [5, 5.41) is 3.52. The average molecular weight is 447 g/mol. The Labute approximate surface area is 169 Å². The second kappa shape index (κ2) is 10.1. The second-order valence-corrected chi connectivity index (χ2v) is 7.43. The fourth-order valence-corrected chi connectivity index (χ4v) is 2.85. The predicted octanol–water partition coefficient (Wildman–Crippen LogP) is 5.88. The van der Waals surface area contributed by atoms with Crippen molar-refractivity contribution < 1.29 is 13.9 Å². The zero-order chi connectivity index (χ0) is 18.4. The largest absolute Gasteiger partial charge is 0.493 e. The molecule has 0 atom stereocenters. The maximum Gasteiger partial charge on any atom is 0.175 e. The quantitative estimate of drug-likeness (QED) is 0.549. The lowest BCUT2D eigenvalue weighted by Crippen LogP contribution is -2.37. The average Bonchev–Trinajstić information content (AvgIpc) is 2.60. The van der Waals surface area contributed by atoms with Crippen LogP contribution >= 0.6 is 28.3 Å². The van der Waals surface area contributed by atoms with Gasteiger partial charge in [0.2, 0.25) is 0 Å². The predicted molar refractivity (Wildman–Crippen MR) is 110 cm³/mol. The van der Waals surface area contributed by atoms with Gasteiger partial charge in [0.15, 0.2) is 11.5 Å². The topological polar surface area (TPSA) is 30.5 Å². The molecule has 3 nitrogen and oxygen atoms in total. The molecular formula is C20H26BrClFNO2. The summed E-state index contributed by atoms with van der Waals surface area (Å²) in [7, 11) is 1.60. The highest BCUT2D eigenvalue weighted by Crippen LogP contribution is 2.37. The van der Waals surface area contributed by atoms with Crippen LogP contribution < -0.4 is 14.8 Å². The SMILES string of the molecule is CCC(C)(C)NCc1cc(Br)c(OCc2ccccc2F)c(OC)c1.Cl. The Kier molecular flexibility index (Phi) is 8.87. The first-order valence-corrected chi connectivity index (χ1v) is 9.13. The first kappa shape index (κ1) is 22.7. The van der Waals surface area contributed by atoms with Crippen LogP contribution in [0.2, 0.25) is 0 Å². The molecule has 0 heterocycles. The number of halogens is 3. The van der Waals surface area contributed by atoms with E-state index < -0.39 is 0 Å². The Hall–Kier alpha value is -1.30. The van der Waals surface area contributed by atoms with Gasteiger partial charge in [-0.2, -0.15) is 0 Å². The van der Waals surface area contributed by atoms with E-state index in [0.717, 1.165) is 23.0 Å². The van der Waals surface area contributed by atoms with Gasteiger partial charge < -0.3 is 14.8 Å². The van der Waals surface area contributed by atoms with Crippen molar-refractivity contribution >= 4 is 28.3 Å². The van der Waals surface area contributed by atoms with Gasteiger partial charge in [0.05, 0.1) is 11.6 Å². The van der Waals surface area contributed by atoms with E-state index in [2.05, 4.69) is 42.0 Å². The molecule has 2 aromatic rings. The van der Waals surface area contributed by atoms with E-state index in [0.29, 0.717) is 17.1 Å². The first-order chi connectivity index (χ1) is 11.9. The van der Waals surface area contributed by atoms with Crippen LogP contribution in [-0.2, 0) is 13.2 Å². The molecule has 0 radical (unpaired) electrons. The number of nitrogens with one attached hydrogen (secondary N) is 1. The van der Waals surface area contributed by atoms with Crippen molar-refractivity contribution in [3.8, 4) is 11.5 Å². The molecule has 0 aliphatic heterocycles. The molecule has 0 aliphatic rings. The van der Waals surface area contributed by atoms with Crippen molar-refractivity contribution in [1.82, 2.24) is 5.32 Å². The van der Waals surface area contributed by atoms with Gasteiger partial charge in [-0.1, -0.05) is 25.1 Å². The zero-order valence-electron chi connectivity index (χ0n) is 15.6. The Morgan fingerprint density at radius 1 is 1.19 bits per heavy atom. The Morgan fingerprint density at radius 2 is 1.88 bits per heavy atom. The first-order valence-electron chi connectivity index (χ1n) is 8.34. The van der Waals surface area contributed by atoms with Crippen LogP contribution in [0.5, 0.6) is 11.5 Å². The van der Waals surface area contributed by atoms with Crippen LogP contribution in [0.4, 0.5) is 4.39 Å². The van der Waals surface area contributed by atoms with E-state index >= 15 is 0 Å². The normalized spacial score (nSPS) is 11.0. The highest BCUT2D eigenvalue weighted by Gasteiger charge is 2.16. The zero-order valence-corrected chi connectivity index (χ0v) is 18.0. The van der Waals surface area contributed by atoms with Gasteiger partial charge in [0, 0.05) is 17.6 Å². The van der Waals surface area contributed by atoms with E-state index in [1.54, 1.807) is 25.3 Å². The van der Waals surface area contributed by atoms with Gasteiger partial charge >= 0.3 is 0 Å². The molecule has 2 rings (SSSR count). The molecule has 144 valence electrons.